The van der Waals surface area contributed by atoms with E-state index in [0.29, 0.717) is 13.2 Å². The molecule has 0 spiro atoms. The Morgan fingerprint density at radius 3 is 1.39 bits per heavy atom. The maximum Gasteiger partial charge on any atom is 0.348 e. The average molecular weight is 469 g/mol. The number of hydrogen-bond donors (Lipinski definition) is 0. The van der Waals surface area contributed by atoms with Gasteiger partial charge in [-0.15, -0.1) is 0 Å². The first-order valence-electron chi connectivity index (χ1n) is 10.2. The number of nitriles is 2. The van der Waals surface area contributed by atoms with Crippen molar-refractivity contribution in [3.8, 4) is 12.1 Å². The molecule has 0 aromatic rings. The highest BCUT2D eigenvalue weighted by atomic mass is 28.4. The van der Waals surface area contributed by atoms with Crippen LogP contribution in [0, 0.1) is 22.7 Å². The lowest BCUT2D eigenvalue weighted by atomic mass is 10.3. The molecule has 0 atom stereocenters. The summed E-state index contributed by atoms with van der Waals surface area (Å²) in [7, 11) is -3.15. The van der Waals surface area contributed by atoms with E-state index in [0.717, 1.165) is 18.1 Å². The van der Waals surface area contributed by atoms with Crippen molar-refractivity contribution in [2.75, 3.05) is 26.4 Å². The monoisotopic (exact) mass is 468 g/mol. The predicted molar refractivity (Wildman–Crippen MR) is 124 cm³/mol. The number of ether oxygens (including phenoxy) is 2. The Morgan fingerprint density at radius 2 is 1.10 bits per heavy atom. The molecule has 0 saturated carbocycles. The molecule has 0 saturated heterocycles. The molecule has 10 heteroatoms. The van der Waals surface area contributed by atoms with Crippen molar-refractivity contribution in [1.29, 1.82) is 10.5 Å². The third kappa shape index (κ3) is 15.2. The molecule has 0 rings (SSSR count). The van der Waals surface area contributed by atoms with Crippen LogP contribution in [0.2, 0.25) is 37.8 Å². The van der Waals surface area contributed by atoms with Gasteiger partial charge in [0.25, 0.3) is 0 Å². The summed E-state index contributed by atoms with van der Waals surface area (Å²) >= 11 is 0. The molecule has 0 unspecified atom stereocenters. The molecule has 0 aliphatic heterocycles. The molecule has 8 nitrogen and oxygen atoms in total. The predicted octanol–water partition coefficient (Wildman–Crippen LogP) is 4.09. The van der Waals surface area contributed by atoms with E-state index in [4.69, 9.17) is 28.8 Å². The summed E-state index contributed by atoms with van der Waals surface area (Å²) in [6.45, 7) is 20.2. The molecular weight excluding hydrogens is 432 g/mol. The zero-order chi connectivity index (χ0) is 24.5. The Balaban J connectivity index is 0. The Bertz CT molecular complexity index is 677. The zero-order valence-corrected chi connectivity index (χ0v) is 21.7. The van der Waals surface area contributed by atoms with Crippen molar-refractivity contribution in [2.24, 2.45) is 0 Å². The van der Waals surface area contributed by atoms with Crippen LogP contribution >= 0.6 is 0 Å². The maximum absolute atomic E-state index is 11.1. The summed E-state index contributed by atoms with van der Waals surface area (Å²) in [5, 5.41) is 16.7. The van der Waals surface area contributed by atoms with E-state index in [1.165, 1.54) is 0 Å². The van der Waals surface area contributed by atoms with Gasteiger partial charge < -0.3 is 18.3 Å². The number of nitrogens with zero attached hydrogens (tertiary/aromatic N) is 2. The fraction of sp³-hybridized carbons (Fsp3) is 0.619. The van der Waals surface area contributed by atoms with E-state index < -0.39 is 28.6 Å². The van der Waals surface area contributed by atoms with Gasteiger partial charge in [-0.1, -0.05) is 33.9 Å². The van der Waals surface area contributed by atoms with Crippen molar-refractivity contribution in [2.45, 2.75) is 58.5 Å². The molecule has 0 bridgehead atoms. The van der Waals surface area contributed by atoms with E-state index in [2.05, 4.69) is 33.9 Å². The van der Waals surface area contributed by atoms with Gasteiger partial charge in [0, 0.05) is 0 Å². The third-order valence-corrected chi connectivity index (χ3v) is 10.0. The Morgan fingerprint density at radius 1 is 0.742 bits per heavy atom. The maximum atomic E-state index is 11.1. The molecule has 0 aromatic heterocycles. The molecule has 0 radical (unpaired) electrons. The van der Waals surface area contributed by atoms with Crippen LogP contribution in [0.3, 0.4) is 0 Å². The van der Waals surface area contributed by atoms with Crippen LogP contribution in [0.15, 0.2) is 24.3 Å². The van der Waals surface area contributed by atoms with Crippen LogP contribution in [0.1, 0.15) is 20.8 Å². The quantitative estimate of drug-likeness (QED) is 0.130. The Kier molecular flexibility index (Phi) is 16.4. The van der Waals surface area contributed by atoms with Gasteiger partial charge in [-0.05, 0) is 37.8 Å². The lowest BCUT2D eigenvalue weighted by Crippen LogP contribution is -2.37. The molecule has 0 amide bonds. The standard InChI is InChI=1S/C12H21NO3Si.C9H15NO3Si/c1-5-17(6-2,7-3)16-9-8-15-12(14)11(4)10-13;1-8(7-10)9(11)12-5-6-13-14(2,3)4/h4-9H2,1-3H3;1,5-6H2,2-4H3. The van der Waals surface area contributed by atoms with Gasteiger partial charge in [0.05, 0.1) is 13.2 Å². The van der Waals surface area contributed by atoms with Gasteiger partial charge in [0.1, 0.15) is 36.5 Å². The lowest BCUT2D eigenvalue weighted by molar-refractivity contribution is -0.140. The second-order valence-electron chi connectivity index (χ2n) is 7.51. The van der Waals surface area contributed by atoms with Crippen molar-refractivity contribution >= 4 is 28.6 Å². The highest BCUT2D eigenvalue weighted by Gasteiger charge is 2.28. The number of carbonyl (C=O) groups is 2. The molecule has 0 heterocycles. The van der Waals surface area contributed by atoms with Crippen LogP contribution in [0.4, 0.5) is 0 Å². The van der Waals surface area contributed by atoms with Gasteiger partial charge in [-0.2, -0.15) is 10.5 Å². The van der Waals surface area contributed by atoms with Gasteiger partial charge >= 0.3 is 11.9 Å². The van der Waals surface area contributed by atoms with E-state index in [9.17, 15) is 9.59 Å². The van der Waals surface area contributed by atoms with Crippen LogP contribution in [0.25, 0.3) is 0 Å². The molecule has 31 heavy (non-hydrogen) atoms. The highest BCUT2D eigenvalue weighted by Crippen LogP contribution is 2.21. The minimum Gasteiger partial charge on any atom is -0.459 e. The van der Waals surface area contributed by atoms with Gasteiger partial charge in [0.2, 0.25) is 0 Å². The minimum atomic E-state index is -1.60. The summed E-state index contributed by atoms with van der Waals surface area (Å²) in [5.74, 6) is -1.33. The number of rotatable bonds is 13. The van der Waals surface area contributed by atoms with E-state index >= 15 is 0 Å². The summed E-state index contributed by atoms with van der Waals surface area (Å²) in [5.41, 5.74) is -0.354. The highest BCUT2D eigenvalue weighted by molar-refractivity contribution is 6.73. The van der Waals surface area contributed by atoms with Gasteiger partial charge in [-0.3, -0.25) is 0 Å². The third-order valence-electron chi connectivity index (χ3n) is 4.27. The largest absolute Gasteiger partial charge is 0.459 e. The van der Waals surface area contributed by atoms with E-state index in [-0.39, 0.29) is 24.4 Å². The number of carbonyl (C=O) groups excluding carboxylic acids is 2. The number of esters is 2. The fourth-order valence-corrected chi connectivity index (χ4v) is 5.52. The Labute approximate surface area is 188 Å². The fourth-order valence-electron chi connectivity index (χ4n) is 2.20. The summed E-state index contributed by atoms with van der Waals surface area (Å²) in [6.07, 6.45) is 0. The summed E-state index contributed by atoms with van der Waals surface area (Å²) in [4.78, 5) is 22.0. The van der Waals surface area contributed by atoms with Crippen molar-refractivity contribution in [3.63, 3.8) is 0 Å². The topological polar surface area (TPSA) is 119 Å². The van der Waals surface area contributed by atoms with Crippen molar-refractivity contribution < 1.29 is 27.9 Å². The molecular formula is C21H36N2O6Si2. The van der Waals surface area contributed by atoms with Crippen LogP contribution in [0.5, 0.6) is 0 Å². The molecule has 0 aliphatic carbocycles. The number of hydrogen-bond acceptors (Lipinski definition) is 8. The first-order valence-corrected chi connectivity index (χ1v) is 16.2. The summed E-state index contributed by atoms with van der Waals surface area (Å²) < 4.78 is 20.9. The van der Waals surface area contributed by atoms with Gasteiger partial charge in [0.15, 0.2) is 16.6 Å². The first-order chi connectivity index (χ1) is 14.4. The van der Waals surface area contributed by atoms with Crippen molar-refractivity contribution in [3.05, 3.63) is 24.3 Å². The first kappa shape index (κ1) is 30.9. The molecule has 0 N–H and O–H groups in total. The zero-order valence-electron chi connectivity index (χ0n) is 19.7. The molecule has 0 fully saturated rings. The Hall–Kier alpha value is -2.25. The normalized spacial score (nSPS) is 10.6. The molecule has 0 aliphatic rings. The summed E-state index contributed by atoms with van der Waals surface area (Å²) in [6, 6.07) is 6.48. The second-order valence-corrected chi connectivity index (χ2v) is 16.8. The van der Waals surface area contributed by atoms with Crippen LogP contribution in [-0.4, -0.2) is 55.0 Å². The van der Waals surface area contributed by atoms with Crippen LogP contribution < -0.4 is 0 Å². The van der Waals surface area contributed by atoms with Crippen LogP contribution in [-0.2, 0) is 27.9 Å². The molecule has 0 aromatic carbocycles. The smallest absolute Gasteiger partial charge is 0.348 e. The SMILES string of the molecule is C=C(C#N)C(=O)OCCO[Si](C)(C)C.C=C(C#N)C(=O)OCCO[Si](CC)(CC)CC. The lowest BCUT2D eigenvalue weighted by Gasteiger charge is -2.27. The van der Waals surface area contributed by atoms with E-state index in [1.54, 1.807) is 12.1 Å². The average Bonchev–Trinajstić information content (AvgIpc) is 2.75. The van der Waals surface area contributed by atoms with Crippen molar-refractivity contribution in [1.82, 2.24) is 0 Å². The van der Waals surface area contributed by atoms with E-state index in [1.807, 2.05) is 19.6 Å². The molecule has 174 valence electrons. The minimum absolute atomic E-state index is 0.170. The van der Waals surface area contributed by atoms with Gasteiger partial charge in [-0.25, -0.2) is 9.59 Å². The second kappa shape index (κ2) is 16.4.